The third-order valence-corrected chi connectivity index (χ3v) is 9.53. The van der Waals surface area contributed by atoms with Gasteiger partial charge >= 0.3 is 18.1 Å². The predicted molar refractivity (Wildman–Crippen MR) is 192 cm³/mol. The Balaban J connectivity index is 1.25. The van der Waals surface area contributed by atoms with Gasteiger partial charge < -0.3 is 14.2 Å². The summed E-state index contributed by atoms with van der Waals surface area (Å²) in [5, 5.41) is 0. The number of benzene rings is 3. The largest absolute Gasteiger partial charge is 0.491 e. The number of fused-ring (bicyclic) bond motifs is 1. The van der Waals surface area contributed by atoms with Crippen molar-refractivity contribution in [1.82, 2.24) is 0 Å². The highest BCUT2D eigenvalue weighted by Gasteiger charge is 2.43. The number of carbonyl (C=O) groups excluding carboxylic acids is 2. The molecular formula is C42H52F4O5. The van der Waals surface area contributed by atoms with Crippen molar-refractivity contribution in [3.8, 4) is 22.6 Å². The molecule has 1 aliphatic rings. The first-order valence-electron chi connectivity index (χ1n) is 18.7. The second-order valence-electron chi connectivity index (χ2n) is 13.6. The van der Waals surface area contributed by atoms with E-state index in [0.717, 1.165) is 42.4 Å². The van der Waals surface area contributed by atoms with Crippen molar-refractivity contribution in [3.05, 3.63) is 83.2 Å². The second-order valence-corrected chi connectivity index (χ2v) is 13.6. The second kappa shape index (κ2) is 20.2. The predicted octanol–water partition coefficient (Wildman–Crippen LogP) is 11.8. The number of esters is 2. The van der Waals surface area contributed by atoms with E-state index in [4.69, 9.17) is 14.2 Å². The summed E-state index contributed by atoms with van der Waals surface area (Å²) >= 11 is 0. The lowest BCUT2D eigenvalue weighted by molar-refractivity contribution is -0.225. The molecule has 0 saturated heterocycles. The number of hydrogen-bond acceptors (Lipinski definition) is 5. The van der Waals surface area contributed by atoms with Crippen LogP contribution < -0.4 is 9.47 Å². The normalized spacial score (nSPS) is 14.8. The van der Waals surface area contributed by atoms with Crippen LogP contribution in [0.25, 0.3) is 11.1 Å². The summed E-state index contributed by atoms with van der Waals surface area (Å²) in [5.41, 5.74) is 3.40. The monoisotopic (exact) mass is 712 g/mol. The third kappa shape index (κ3) is 12.7. The molecule has 0 amide bonds. The molecule has 278 valence electrons. The van der Waals surface area contributed by atoms with Gasteiger partial charge in [-0.2, -0.15) is 13.2 Å². The Morgan fingerprint density at radius 3 is 2.08 bits per heavy atom. The number of alkyl halides is 3. The van der Waals surface area contributed by atoms with Crippen molar-refractivity contribution in [2.45, 2.75) is 129 Å². The van der Waals surface area contributed by atoms with Gasteiger partial charge in [0.05, 0.1) is 18.1 Å². The van der Waals surface area contributed by atoms with Gasteiger partial charge in [-0.05, 0) is 97.2 Å². The number of aryl methyl sites for hydroxylation is 1. The van der Waals surface area contributed by atoms with Crippen LogP contribution in [0.1, 0.15) is 125 Å². The first-order chi connectivity index (χ1) is 24.6. The quantitative estimate of drug-likeness (QED) is 0.0505. The summed E-state index contributed by atoms with van der Waals surface area (Å²) < 4.78 is 71.7. The molecule has 0 radical (unpaired) electrons. The highest BCUT2D eigenvalue weighted by Crippen LogP contribution is 2.33. The molecule has 3 aromatic carbocycles. The van der Waals surface area contributed by atoms with Gasteiger partial charge in [-0.3, -0.25) is 4.79 Å². The summed E-state index contributed by atoms with van der Waals surface area (Å²) in [5.74, 6) is -1.93. The van der Waals surface area contributed by atoms with Crippen molar-refractivity contribution < 1.29 is 41.4 Å². The van der Waals surface area contributed by atoms with E-state index in [0.29, 0.717) is 49.2 Å². The summed E-state index contributed by atoms with van der Waals surface area (Å²) in [6.07, 6.45) is 6.37. The van der Waals surface area contributed by atoms with E-state index >= 15 is 0 Å². The van der Waals surface area contributed by atoms with Crippen molar-refractivity contribution in [3.63, 3.8) is 0 Å². The third-order valence-electron chi connectivity index (χ3n) is 9.53. The van der Waals surface area contributed by atoms with Gasteiger partial charge in [-0.1, -0.05) is 102 Å². The van der Waals surface area contributed by atoms with Gasteiger partial charge in [0, 0.05) is 0 Å². The van der Waals surface area contributed by atoms with Gasteiger partial charge in [0.2, 0.25) is 0 Å². The summed E-state index contributed by atoms with van der Waals surface area (Å²) in [6.45, 7) is 4.67. The number of halogens is 4. The molecule has 4 rings (SSSR count). The number of unbranched alkanes of at least 4 members (excludes halogenated alkanes) is 10. The van der Waals surface area contributed by atoms with Crippen molar-refractivity contribution in [2.24, 2.45) is 5.92 Å². The smallest absolute Gasteiger partial charge is 0.425 e. The Morgan fingerprint density at radius 2 is 1.41 bits per heavy atom. The van der Waals surface area contributed by atoms with Crippen LogP contribution in [0, 0.1) is 11.7 Å². The minimum atomic E-state index is -4.60. The molecule has 0 aromatic heterocycles. The molecule has 2 unspecified atom stereocenters. The molecule has 1 aliphatic carbocycles. The Kier molecular flexibility index (Phi) is 15.8. The van der Waals surface area contributed by atoms with Gasteiger partial charge in [-0.15, -0.1) is 0 Å². The minimum absolute atomic E-state index is 0.226. The van der Waals surface area contributed by atoms with Crippen LogP contribution in [0.15, 0.2) is 60.7 Å². The summed E-state index contributed by atoms with van der Waals surface area (Å²) in [4.78, 5) is 25.7. The van der Waals surface area contributed by atoms with Crippen molar-refractivity contribution in [2.75, 3.05) is 6.61 Å². The number of hydrogen-bond donors (Lipinski definition) is 0. The van der Waals surface area contributed by atoms with Gasteiger partial charge in [-0.25, -0.2) is 9.18 Å². The lowest BCUT2D eigenvalue weighted by Gasteiger charge is -2.27. The van der Waals surface area contributed by atoms with Crippen LogP contribution in [0.2, 0.25) is 0 Å². The zero-order chi connectivity index (χ0) is 36.6. The zero-order valence-electron chi connectivity index (χ0n) is 30.0. The van der Waals surface area contributed by atoms with E-state index in [1.165, 1.54) is 44.6 Å². The van der Waals surface area contributed by atoms with Crippen LogP contribution in [-0.4, -0.2) is 30.8 Å². The molecule has 0 aliphatic heterocycles. The van der Waals surface area contributed by atoms with Gasteiger partial charge in [0.25, 0.3) is 0 Å². The molecule has 0 N–H and O–H groups in total. The van der Waals surface area contributed by atoms with Crippen LogP contribution in [-0.2, 0) is 22.4 Å². The number of carbonyl (C=O) groups is 2. The lowest BCUT2D eigenvalue weighted by atomic mass is 9.84. The van der Waals surface area contributed by atoms with Crippen LogP contribution in [0.4, 0.5) is 17.6 Å². The van der Waals surface area contributed by atoms with E-state index in [-0.39, 0.29) is 18.6 Å². The molecule has 0 spiro atoms. The molecule has 2 atom stereocenters. The maximum absolute atomic E-state index is 14.8. The van der Waals surface area contributed by atoms with Crippen molar-refractivity contribution in [1.29, 1.82) is 0 Å². The SMILES string of the molecule is CCCCCCCCCCOc1ccc(-c2ccc(C(=O)Oc3ccc4c(c3)CCC(C(=O)OC(CCCCCC)C(F)(F)F)C4)cc2)cc1F. The van der Waals surface area contributed by atoms with Crippen LogP contribution in [0.5, 0.6) is 11.5 Å². The number of ether oxygens (including phenoxy) is 3. The zero-order valence-corrected chi connectivity index (χ0v) is 30.0. The standard InChI is InChI=1S/C42H52F4O5/c1-3-5-7-9-10-11-12-14-26-49-38-25-23-34(29-37(38)43)30-16-18-31(19-17-30)40(47)50-36-24-22-32-27-35(21-20-33(32)28-36)41(48)51-39(42(44,45)46)15-13-8-6-4-2/h16-19,22-25,28-29,35,39H,3-15,20-21,26-27H2,1-2H3. The fraction of sp³-hybridized carbons (Fsp3) is 0.524. The van der Waals surface area contributed by atoms with Crippen molar-refractivity contribution >= 4 is 11.9 Å². The minimum Gasteiger partial charge on any atom is -0.491 e. The number of rotatable bonds is 20. The summed E-state index contributed by atoms with van der Waals surface area (Å²) in [6, 6.07) is 16.6. The summed E-state index contributed by atoms with van der Waals surface area (Å²) in [7, 11) is 0. The van der Waals surface area contributed by atoms with Gasteiger partial charge in [0.15, 0.2) is 17.7 Å². The van der Waals surface area contributed by atoms with Gasteiger partial charge in [0.1, 0.15) is 5.75 Å². The highest BCUT2D eigenvalue weighted by molar-refractivity contribution is 5.91. The maximum atomic E-state index is 14.8. The van der Waals surface area contributed by atoms with E-state index in [9.17, 15) is 27.2 Å². The Labute approximate surface area is 300 Å². The van der Waals surface area contributed by atoms with E-state index in [1.54, 1.807) is 54.6 Å². The molecule has 0 bridgehead atoms. The Bertz CT molecular complexity index is 1540. The first-order valence-corrected chi connectivity index (χ1v) is 18.7. The molecule has 0 saturated carbocycles. The molecular weight excluding hydrogens is 660 g/mol. The van der Waals surface area contributed by atoms with E-state index in [2.05, 4.69) is 6.92 Å². The topological polar surface area (TPSA) is 61.8 Å². The molecule has 0 fully saturated rings. The average Bonchev–Trinajstić information content (AvgIpc) is 3.12. The van der Waals surface area contributed by atoms with E-state index in [1.807, 2.05) is 6.92 Å². The fourth-order valence-corrected chi connectivity index (χ4v) is 6.46. The Hall–Kier alpha value is -3.88. The first kappa shape index (κ1) is 39.9. The molecule has 5 nitrogen and oxygen atoms in total. The lowest BCUT2D eigenvalue weighted by Crippen LogP contribution is -2.37. The molecule has 3 aromatic rings. The fourth-order valence-electron chi connectivity index (χ4n) is 6.46. The van der Waals surface area contributed by atoms with Crippen LogP contribution in [0.3, 0.4) is 0 Å². The molecule has 0 heterocycles. The highest BCUT2D eigenvalue weighted by atomic mass is 19.4. The molecule has 9 heteroatoms. The molecule has 51 heavy (non-hydrogen) atoms. The Morgan fingerprint density at radius 1 is 0.765 bits per heavy atom. The van der Waals surface area contributed by atoms with Crippen LogP contribution >= 0.6 is 0 Å². The maximum Gasteiger partial charge on any atom is 0.425 e. The van der Waals surface area contributed by atoms with E-state index < -0.39 is 36.0 Å². The average molecular weight is 713 g/mol.